The first kappa shape index (κ1) is 18.1. The molecular weight excluding hydrogens is 308 g/mol. The first-order valence-electron chi connectivity index (χ1n) is 6.88. The highest BCUT2D eigenvalue weighted by Gasteiger charge is 2.18. The third kappa shape index (κ3) is 5.82. The van der Waals surface area contributed by atoms with Crippen molar-refractivity contribution in [2.24, 2.45) is 0 Å². The topological polar surface area (TPSA) is 102 Å². The summed E-state index contributed by atoms with van der Waals surface area (Å²) in [5.74, 6) is -1.03. The fourth-order valence-corrected chi connectivity index (χ4v) is 2.65. The molecule has 0 radical (unpaired) electrons. The minimum atomic E-state index is -3.65. The molecule has 22 heavy (non-hydrogen) atoms. The molecule has 8 heteroatoms. The Morgan fingerprint density at radius 2 is 1.86 bits per heavy atom. The highest BCUT2D eigenvalue weighted by atomic mass is 32.2. The van der Waals surface area contributed by atoms with Gasteiger partial charge in [-0.2, -0.15) is 0 Å². The van der Waals surface area contributed by atoms with Gasteiger partial charge in [-0.15, -0.1) is 0 Å². The van der Waals surface area contributed by atoms with Crippen LogP contribution in [0.15, 0.2) is 35.2 Å². The van der Waals surface area contributed by atoms with E-state index < -0.39 is 22.1 Å². The number of nitrogens with one attached hydrogen (secondary N) is 2. The lowest BCUT2D eigenvalue weighted by atomic mass is 10.3. The van der Waals surface area contributed by atoms with E-state index in [1.54, 1.807) is 25.1 Å². The van der Waals surface area contributed by atoms with Crippen molar-refractivity contribution in [2.45, 2.75) is 31.3 Å². The number of benzene rings is 1. The summed E-state index contributed by atoms with van der Waals surface area (Å²) in [6.45, 7) is 3.55. The van der Waals surface area contributed by atoms with Crippen molar-refractivity contribution in [3.63, 3.8) is 0 Å². The number of amides is 1. The van der Waals surface area contributed by atoms with Crippen LogP contribution in [0.5, 0.6) is 0 Å². The standard InChI is InChI=1S/C14H20N2O5S/c1-3-15-14(18)11(2)21-13(17)9-10-16-22(19,20)12-7-5-4-6-8-12/h4-8,11,16H,3,9-10H2,1-2H3,(H,15,18)/t11-/m1/s1. The third-order valence-electron chi connectivity index (χ3n) is 2.70. The van der Waals surface area contributed by atoms with Crippen LogP contribution < -0.4 is 10.0 Å². The predicted octanol–water partition coefficient (Wildman–Crippen LogP) is 0.423. The van der Waals surface area contributed by atoms with Gasteiger partial charge < -0.3 is 10.1 Å². The Bertz CT molecular complexity index is 601. The second kappa shape index (κ2) is 8.50. The lowest BCUT2D eigenvalue weighted by molar-refractivity contribution is -0.154. The number of carbonyl (C=O) groups is 2. The molecule has 1 rings (SSSR count). The van der Waals surface area contributed by atoms with Gasteiger partial charge in [0.2, 0.25) is 10.0 Å². The molecule has 0 aliphatic carbocycles. The number of sulfonamides is 1. The maximum absolute atomic E-state index is 11.9. The van der Waals surface area contributed by atoms with E-state index in [9.17, 15) is 18.0 Å². The number of rotatable bonds is 8. The molecule has 1 aromatic carbocycles. The molecular formula is C14H20N2O5S. The zero-order valence-electron chi connectivity index (χ0n) is 12.5. The summed E-state index contributed by atoms with van der Waals surface area (Å²) in [6.07, 6.45) is -1.06. The Morgan fingerprint density at radius 3 is 2.45 bits per heavy atom. The van der Waals surface area contributed by atoms with Crippen molar-refractivity contribution >= 4 is 21.9 Å². The van der Waals surface area contributed by atoms with Gasteiger partial charge in [-0.05, 0) is 26.0 Å². The second-order valence-electron chi connectivity index (χ2n) is 4.49. The number of hydrogen-bond donors (Lipinski definition) is 2. The lowest BCUT2D eigenvalue weighted by Crippen LogP contribution is -2.36. The Labute approximate surface area is 130 Å². The first-order chi connectivity index (χ1) is 10.4. The van der Waals surface area contributed by atoms with Gasteiger partial charge in [0.1, 0.15) is 0 Å². The van der Waals surface area contributed by atoms with Crippen LogP contribution in [-0.2, 0) is 24.3 Å². The molecule has 0 saturated carbocycles. The fraction of sp³-hybridized carbons (Fsp3) is 0.429. The SMILES string of the molecule is CCNC(=O)[C@@H](C)OC(=O)CCNS(=O)(=O)c1ccccc1. The van der Waals surface area contributed by atoms with Crippen molar-refractivity contribution < 1.29 is 22.7 Å². The maximum Gasteiger partial charge on any atom is 0.307 e. The molecule has 1 amide bonds. The van der Waals surface area contributed by atoms with E-state index in [4.69, 9.17) is 4.74 Å². The van der Waals surface area contributed by atoms with Gasteiger partial charge in [0.25, 0.3) is 5.91 Å². The van der Waals surface area contributed by atoms with E-state index in [-0.39, 0.29) is 23.8 Å². The van der Waals surface area contributed by atoms with Crippen LogP contribution in [-0.4, -0.2) is 39.5 Å². The molecule has 2 N–H and O–H groups in total. The normalized spacial score (nSPS) is 12.5. The van der Waals surface area contributed by atoms with Crippen LogP contribution in [0.1, 0.15) is 20.3 Å². The second-order valence-corrected chi connectivity index (χ2v) is 6.25. The molecule has 0 fully saturated rings. The first-order valence-corrected chi connectivity index (χ1v) is 8.37. The van der Waals surface area contributed by atoms with Crippen molar-refractivity contribution in [2.75, 3.05) is 13.1 Å². The predicted molar refractivity (Wildman–Crippen MR) is 80.5 cm³/mol. The van der Waals surface area contributed by atoms with Gasteiger partial charge in [0, 0.05) is 13.1 Å². The van der Waals surface area contributed by atoms with Crippen LogP contribution in [0.4, 0.5) is 0 Å². The minimum absolute atomic E-state index is 0.0990. The van der Waals surface area contributed by atoms with Crippen LogP contribution in [0.2, 0.25) is 0 Å². The zero-order chi connectivity index (χ0) is 16.6. The lowest BCUT2D eigenvalue weighted by Gasteiger charge is -2.12. The highest BCUT2D eigenvalue weighted by molar-refractivity contribution is 7.89. The average Bonchev–Trinajstić information content (AvgIpc) is 2.48. The number of hydrogen-bond acceptors (Lipinski definition) is 5. The molecule has 0 bridgehead atoms. The van der Waals surface area contributed by atoms with Crippen LogP contribution >= 0.6 is 0 Å². The van der Waals surface area contributed by atoms with Crippen molar-refractivity contribution in [3.8, 4) is 0 Å². The fourth-order valence-electron chi connectivity index (χ4n) is 1.60. The van der Waals surface area contributed by atoms with Gasteiger partial charge in [0.05, 0.1) is 11.3 Å². The maximum atomic E-state index is 11.9. The Kier molecular flexibility index (Phi) is 7.00. The molecule has 0 aliphatic heterocycles. The van der Waals surface area contributed by atoms with Crippen molar-refractivity contribution in [1.29, 1.82) is 0 Å². The van der Waals surface area contributed by atoms with E-state index in [2.05, 4.69) is 10.0 Å². The third-order valence-corrected chi connectivity index (χ3v) is 4.18. The highest BCUT2D eigenvalue weighted by Crippen LogP contribution is 2.06. The molecule has 0 aromatic heterocycles. The molecule has 1 atom stereocenters. The summed E-state index contributed by atoms with van der Waals surface area (Å²) in [6, 6.07) is 7.84. The van der Waals surface area contributed by atoms with E-state index >= 15 is 0 Å². The summed E-state index contributed by atoms with van der Waals surface area (Å²) in [5.41, 5.74) is 0. The number of ether oxygens (including phenoxy) is 1. The van der Waals surface area contributed by atoms with Gasteiger partial charge in [-0.1, -0.05) is 18.2 Å². The number of carbonyl (C=O) groups excluding carboxylic acids is 2. The van der Waals surface area contributed by atoms with Gasteiger partial charge in [-0.25, -0.2) is 13.1 Å². The summed E-state index contributed by atoms with van der Waals surface area (Å²) in [5, 5.41) is 2.52. The van der Waals surface area contributed by atoms with E-state index in [0.29, 0.717) is 6.54 Å². The summed E-state index contributed by atoms with van der Waals surface area (Å²) < 4.78 is 31.0. The molecule has 0 heterocycles. The van der Waals surface area contributed by atoms with Crippen LogP contribution in [0, 0.1) is 0 Å². The molecule has 7 nitrogen and oxygen atoms in total. The van der Waals surface area contributed by atoms with Gasteiger partial charge in [0.15, 0.2) is 6.10 Å². The Morgan fingerprint density at radius 1 is 1.23 bits per heavy atom. The van der Waals surface area contributed by atoms with E-state index in [1.807, 2.05) is 0 Å². The number of esters is 1. The summed E-state index contributed by atoms with van der Waals surface area (Å²) in [7, 11) is -3.65. The summed E-state index contributed by atoms with van der Waals surface area (Å²) in [4.78, 5) is 23.1. The largest absolute Gasteiger partial charge is 0.453 e. The van der Waals surface area contributed by atoms with E-state index in [0.717, 1.165) is 0 Å². The molecule has 0 spiro atoms. The Hall–Kier alpha value is -1.93. The van der Waals surface area contributed by atoms with Gasteiger partial charge in [-0.3, -0.25) is 9.59 Å². The average molecular weight is 328 g/mol. The number of likely N-dealkylation sites (N-methyl/N-ethyl adjacent to an activating group) is 1. The van der Waals surface area contributed by atoms with Crippen LogP contribution in [0.3, 0.4) is 0 Å². The zero-order valence-corrected chi connectivity index (χ0v) is 13.4. The smallest absolute Gasteiger partial charge is 0.307 e. The molecule has 0 saturated heterocycles. The van der Waals surface area contributed by atoms with Crippen LogP contribution in [0.25, 0.3) is 0 Å². The molecule has 122 valence electrons. The Balaban J connectivity index is 2.41. The quantitative estimate of drug-likeness (QED) is 0.674. The molecule has 0 unspecified atom stereocenters. The monoisotopic (exact) mass is 328 g/mol. The van der Waals surface area contributed by atoms with E-state index in [1.165, 1.54) is 19.1 Å². The molecule has 0 aliphatic rings. The van der Waals surface area contributed by atoms with Gasteiger partial charge >= 0.3 is 5.97 Å². The van der Waals surface area contributed by atoms with Crippen molar-refractivity contribution in [1.82, 2.24) is 10.0 Å². The molecule has 1 aromatic rings. The summed E-state index contributed by atoms with van der Waals surface area (Å²) >= 11 is 0. The van der Waals surface area contributed by atoms with Crippen molar-refractivity contribution in [3.05, 3.63) is 30.3 Å². The minimum Gasteiger partial charge on any atom is -0.453 e.